The van der Waals surface area contributed by atoms with Gasteiger partial charge in [0.2, 0.25) is 0 Å². The van der Waals surface area contributed by atoms with E-state index in [1.54, 1.807) is 6.07 Å². The van der Waals surface area contributed by atoms with Gasteiger partial charge in [0.25, 0.3) is 0 Å². The lowest BCUT2D eigenvalue weighted by atomic mass is 9.85. The van der Waals surface area contributed by atoms with E-state index in [0.29, 0.717) is 5.56 Å². The van der Waals surface area contributed by atoms with Crippen molar-refractivity contribution in [3.63, 3.8) is 0 Å². The first-order valence-corrected chi connectivity index (χ1v) is 8.69. The fourth-order valence-electron chi connectivity index (χ4n) is 3.28. The van der Waals surface area contributed by atoms with E-state index in [2.05, 4.69) is 0 Å². The number of rotatable bonds is 5. The van der Waals surface area contributed by atoms with Gasteiger partial charge in [0.1, 0.15) is 11.3 Å². The average molecular weight is 373 g/mol. The second kappa shape index (κ2) is 8.90. The van der Waals surface area contributed by atoms with Crippen molar-refractivity contribution < 1.29 is 15.0 Å². The van der Waals surface area contributed by atoms with Crippen LogP contribution in [0, 0.1) is 0 Å². The largest absolute Gasteiger partial charge is 0.507 e. The summed E-state index contributed by atoms with van der Waals surface area (Å²) in [5.74, 6) is -1.36. The highest BCUT2D eigenvalue weighted by Crippen LogP contribution is 2.37. The van der Waals surface area contributed by atoms with Crippen molar-refractivity contribution in [1.29, 1.82) is 0 Å². The number of aromatic hydroxyl groups is 1. The summed E-state index contributed by atoms with van der Waals surface area (Å²) in [5.41, 5.74) is 3.60. The fourth-order valence-corrected chi connectivity index (χ4v) is 3.28. The van der Waals surface area contributed by atoms with Crippen LogP contribution in [0.15, 0.2) is 72.8 Å². The van der Waals surface area contributed by atoms with Gasteiger partial charge < -0.3 is 10.2 Å². The van der Waals surface area contributed by atoms with E-state index in [1.165, 1.54) is 0 Å². The standard InChI is InChI=1S/C23H22O3.Al/c1-15(17-9-5-3-6-10-17)19-13-20(22(24)21(14-19)23(25)26)16(2)18-11-7-4-8-12-18;/h3-16,24H,1-2H3,(H,25,26);. The van der Waals surface area contributed by atoms with Crippen LogP contribution in [0.3, 0.4) is 0 Å². The zero-order valence-corrected chi connectivity index (χ0v) is 16.6. The number of hydrogen-bond acceptors (Lipinski definition) is 2. The highest BCUT2D eigenvalue weighted by molar-refractivity contribution is 5.91. The Bertz CT molecular complexity index is 908. The number of hydrogen-bond donors (Lipinski definition) is 2. The SMILES string of the molecule is CC(c1ccccc1)c1cc(C(=O)O)c(O)c(C(C)c2ccccc2)c1.[Al]. The molecule has 3 rings (SSSR count). The number of carbonyl (C=O) groups is 1. The molecule has 0 saturated carbocycles. The van der Waals surface area contributed by atoms with E-state index < -0.39 is 5.97 Å². The van der Waals surface area contributed by atoms with Crippen molar-refractivity contribution in [2.24, 2.45) is 0 Å². The molecule has 0 aromatic heterocycles. The van der Waals surface area contributed by atoms with Crippen molar-refractivity contribution in [3.8, 4) is 5.75 Å². The molecule has 2 N–H and O–H groups in total. The summed E-state index contributed by atoms with van der Waals surface area (Å²) in [7, 11) is 0. The van der Waals surface area contributed by atoms with E-state index in [-0.39, 0.29) is 40.5 Å². The van der Waals surface area contributed by atoms with E-state index in [4.69, 9.17) is 0 Å². The summed E-state index contributed by atoms with van der Waals surface area (Å²) in [5, 5.41) is 20.1. The van der Waals surface area contributed by atoms with E-state index in [9.17, 15) is 15.0 Å². The van der Waals surface area contributed by atoms with Crippen LogP contribution < -0.4 is 0 Å². The predicted molar refractivity (Wildman–Crippen MR) is 109 cm³/mol. The molecule has 3 aromatic rings. The molecule has 0 fully saturated rings. The Morgan fingerprint density at radius 1 is 0.778 bits per heavy atom. The van der Waals surface area contributed by atoms with Gasteiger partial charge in [-0.05, 0) is 22.8 Å². The van der Waals surface area contributed by atoms with Crippen molar-refractivity contribution in [1.82, 2.24) is 0 Å². The smallest absolute Gasteiger partial charge is 0.339 e. The van der Waals surface area contributed by atoms with E-state index >= 15 is 0 Å². The first-order valence-electron chi connectivity index (χ1n) is 8.69. The van der Waals surface area contributed by atoms with Crippen LogP contribution in [-0.4, -0.2) is 33.5 Å². The molecule has 3 radical (unpaired) electrons. The minimum Gasteiger partial charge on any atom is -0.507 e. The number of carboxylic acids is 1. The molecule has 3 nitrogen and oxygen atoms in total. The molecule has 27 heavy (non-hydrogen) atoms. The Kier molecular flexibility index (Phi) is 6.85. The maximum atomic E-state index is 11.7. The van der Waals surface area contributed by atoms with Crippen LogP contribution in [0.5, 0.6) is 5.75 Å². The summed E-state index contributed by atoms with van der Waals surface area (Å²) < 4.78 is 0. The number of carboxylic acid groups (broad SMARTS) is 1. The molecule has 2 atom stereocenters. The monoisotopic (exact) mass is 373 g/mol. The van der Waals surface area contributed by atoms with Crippen molar-refractivity contribution in [3.05, 3.63) is 101 Å². The first-order chi connectivity index (χ1) is 12.5. The van der Waals surface area contributed by atoms with E-state index in [0.717, 1.165) is 16.7 Å². The van der Waals surface area contributed by atoms with Crippen LogP contribution in [0.1, 0.15) is 58.3 Å². The minimum atomic E-state index is -1.12. The van der Waals surface area contributed by atoms with Gasteiger partial charge in [-0.3, -0.25) is 0 Å². The third-order valence-electron chi connectivity index (χ3n) is 4.96. The average Bonchev–Trinajstić information content (AvgIpc) is 2.68. The van der Waals surface area contributed by atoms with Crippen LogP contribution in [0.25, 0.3) is 0 Å². The maximum absolute atomic E-state index is 11.7. The summed E-state index contributed by atoms with van der Waals surface area (Å²) in [6, 6.07) is 23.2. The van der Waals surface area contributed by atoms with Crippen molar-refractivity contribution in [2.75, 3.05) is 0 Å². The van der Waals surface area contributed by atoms with Crippen LogP contribution in [0.4, 0.5) is 0 Å². The molecule has 0 aliphatic carbocycles. The van der Waals surface area contributed by atoms with Crippen LogP contribution in [-0.2, 0) is 0 Å². The molecule has 0 bridgehead atoms. The number of phenols is 1. The molecule has 4 heteroatoms. The van der Waals surface area contributed by atoms with Gasteiger partial charge in [-0.1, -0.05) is 80.6 Å². The second-order valence-electron chi connectivity index (χ2n) is 6.58. The quantitative estimate of drug-likeness (QED) is 0.618. The zero-order valence-electron chi connectivity index (χ0n) is 15.5. The summed E-state index contributed by atoms with van der Waals surface area (Å²) in [4.78, 5) is 11.7. The fraction of sp³-hybridized carbons (Fsp3) is 0.174. The molecule has 135 valence electrons. The minimum absolute atomic E-state index is 0. The summed E-state index contributed by atoms with van der Waals surface area (Å²) >= 11 is 0. The zero-order chi connectivity index (χ0) is 18.7. The molecule has 0 amide bonds. The van der Waals surface area contributed by atoms with Gasteiger partial charge in [-0.15, -0.1) is 0 Å². The topological polar surface area (TPSA) is 57.5 Å². The molecule has 0 spiro atoms. The molecule has 0 saturated heterocycles. The van der Waals surface area contributed by atoms with Crippen molar-refractivity contribution >= 4 is 23.3 Å². The van der Waals surface area contributed by atoms with E-state index in [1.807, 2.05) is 80.6 Å². The molecular formula is C23H22AlO3. The van der Waals surface area contributed by atoms with Crippen LogP contribution >= 0.6 is 0 Å². The third-order valence-corrected chi connectivity index (χ3v) is 4.96. The third kappa shape index (κ3) is 4.42. The first kappa shape index (κ1) is 20.8. The summed E-state index contributed by atoms with van der Waals surface area (Å²) in [6.45, 7) is 4.03. The Labute approximate surface area is 170 Å². The van der Waals surface area contributed by atoms with Gasteiger partial charge in [0.05, 0.1) is 0 Å². The van der Waals surface area contributed by atoms with Gasteiger partial charge in [0, 0.05) is 34.8 Å². The van der Waals surface area contributed by atoms with Crippen LogP contribution in [0.2, 0.25) is 0 Å². The predicted octanol–water partition coefficient (Wildman–Crippen LogP) is 5.01. The van der Waals surface area contributed by atoms with Gasteiger partial charge in [-0.2, -0.15) is 0 Å². The Hall–Kier alpha value is -2.54. The number of aromatic carboxylic acids is 1. The second-order valence-corrected chi connectivity index (χ2v) is 6.58. The Morgan fingerprint density at radius 3 is 1.74 bits per heavy atom. The highest BCUT2D eigenvalue weighted by Gasteiger charge is 2.22. The molecule has 0 aliphatic rings. The molecule has 0 heterocycles. The highest BCUT2D eigenvalue weighted by atomic mass is 27.0. The lowest BCUT2D eigenvalue weighted by Crippen LogP contribution is -2.07. The molecular weight excluding hydrogens is 351 g/mol. The molecule has 0 aliphatic heterocycles. The number of benzene rings is 3. The maximum Gasteiger partial charge on any atom is 0.339 e. The van der Waals surface area contributed by atoms with Gasteiger partial charge >= 0.3 is 5.97 Å². The molecule has 3 aromatic carbocycles. The molecule has 2 unspecified atom stereocenters. The summed E-state index contributed by atoms with van der Waals surface area (Å²) in [6.07, 6.45) is 0. The normalized spacial score (nSPS) is 12.7. The lowest BCUT2D eigenvalue weighted by molar-refractivity contribution is 0.0693. The Balaban J connectivity index is 0.00000261. The van der Waals surface area contributed by atoms with Gasteiger partial charge in [0.15, 0.2) is 0 Å². The Morgan fingerprint density at radius 2 is 1.26 bits per heavy atom. The lowest BCUT2D eigenvalue weighted by Gasteiger charge is -2.20. The van der Waals surface area contributed by atoms with Gasteiger partial charge in [-0.25, -0.2) is 4.79 Å². The van der Waals surface area contributed by atoms with Crippen molar-refractivity contribution in [2.45, 2.75) is 25.7 Å².